The number of rotatable bonds is 8. The Morgan fingerprint density at radius 1 is 0.720 bits per heavy atom. The minimum atomic E-state index is 0.939. The van der Waals surface area contributed by atoms with Gasteiger partial charge in [-0.1, -0.05) is 36.4 Å². The van der Waals surface area contributed by atoms with Crippen LogP contribution >= 0.6 is 34.9 Å². The molecule has 0 atom stereocenters. The minimum absolute atomic E-state index is 0.939. The summed E-state index contributed by atoms with van der Waals surface area (Å²) < 4.78 is 0. The third kappa shape index (κ3) is 4.91. The topological polar surface area (TPSA) is 0 Å². The fourth-order valence-corrected chi connectivity index (χ4v) is 4.83. The highest BCUT2D eigenvalue weighted by atomic mass is 32.2. The van der Waals surface area contributed by atoms with E-state index in [-0.39, 0.29) is 0 Å². The third-order valence-electron chi connectivity index (χ3n) is 3.58. The van der Waals surface area contributed by atoms with Gasteiger partial charge >= 0.3 is 0 Å². The average molecular weight is 381 g/mol. The van der Waals surface area contributed by atoms with Crippen molar-refractivity contribution in [1.29, 1.82) is 0 Å². The molecule has 0 fully saturated rings. The van der Waals surface area contributed by atoms with Crippen LogP contribution in [0, 0.1) is 0 Å². The predicted molar refractivity (Wildman–Crippen MR) is 117 cm³/mol. The molecule has 0 radical (unpaired) electrons. The number of benzene rings is 2. The molecule has 1 heterocycles. The quantitative estimate of drug-likeness (QED) is 0.291. The van der Waals surface area contributed by atoms with Gasteiger partial charge in [0.25, 0.3) is 0 Å². The van der Waals surface area contributed by atoms with Crippen molar-refractivity contribution in [2.75, 3.05) is 11.5 Å². The van der Waals surface area contributed by atoms with E-state index in [0.29, 0.717) is 0 Å². The summed E-state index contributed by atoms with van der Waals surface area (Å²) in [5, 5.41) is 0. The zero-order valence-electron chi connectivity index (χ0n) is 14.0. The average Bonchev–Trinajstić information content (AvgIpc) is 3.15. The minimum Gasteiger partial charge on any atom is -0.135 e. The molecule has 0 aliphatic heterocycles. The molecule has 126 valence electrons. The van der Waals surface area contributed by atoms with Crippen LogP contribution in [0.2, 0.25) is 0 Å². The first-order valence-corrected chi connectivity index (χ1v) is 10.9. The van der Waals surface area contributed by atoms with E-state index in [2.05, 4.69) is 73.8 Å². The summed E-state index contributed by atoms with van der Waals surface area (Å²) in [4.78, 5) is 5.19. The molecule has 25 heavy (non-hydrogen) atoms. The SMILES string of the molecule is C=CCSc1cccc(-c2ccc(-c3cccc(SCC=C)c3)s2)c1. The highest BCUT2D eigenvalue weighted by molar-refractivity contribution is 7.99. The van der Waals surface area contributed by atoms with Gasteiger partial charge in [-0.05, 0) is 47.5 Å². The zero-order valence-corrected chi connectivity index (χ0v) is 16.4. The standard InChI is InChI=1S/C22H20S3/c1-3-13-23-19-9-5-7-17(15-19)21-11-12-22(25-21)18-8-6-10-20(16-18)24-14-4-2/h3-12,15-16H,1-2,13-14H2. The Morgan fingerprint density at radius 2 is 1.20 bits per heavy atom. The van der Waals surface area contributed by atoms with Crippen LogP contribution in [-0.2, 0) is 0 Å². The molecular formula is C22H20S3. The van der Waals surface area contributed by atoms with Crippen LogP contribution in [0.1, 0.15) is 0 Å². The van der Waals surface area contributed by atoms with Crippen molar-refractivity contribution in [1.82, 2.24) is 0 Å². The second-order valence-corrected chi connectivity index (χ2v) is 8.69. The lowest BCUT2D eigenvalue weighted by atomic mass is 10.1. The Morgan fingerprint density at radius 3 is 1.64 bits per heavy atom. The predicted octanol–water partition coefficient (Wildman–Crippen LogP) is 7.64. The van der Waals surface area contributed by atoms with Gasteiger partial charge in [-0.15, -0.1) is 48.0 Å². The molecule has 0 amide bonds. The second kappa shape index (κ2) is 9.14. The van der Waals surface area contributed by atoms with E-state index in [1.54, 1.807) is 0 Å². The molecule has 0 aliphatic rings. The van der Waals surface area contributed by atoms with Gasteiger partial charge in [-0.3, -0.25) is 0 Å². The van der Waals surface area contributed by atoms with E-state index in [1.165, 1.54) is 30.7 Å². The van der Waals surface area contributed by atoms with Crippen molar-refractivity contribution < 1.29 is 0 Å². The maximum Gasteiger partial charge on any atom is 0.0349 e. The maximum absolute atomic E-state index is 3.79. The summed E-state index contributed by atoms with van der Waals surface area (Å²) in [5.74, 6) is 1.88. The highest BCUT2D eigenvalue weighted by Gasteiger charge is 2.07. The molecule has 0 N–H and O–H groups in total. The molecule has 0 saturated carbocycles. The first-order valence-electron chi connectivity index (χ1n) is 8.08. The summed E-state index contributed by atoms with van der Waals surface area (Å²) in [6, 6.07) is 21.9. The van der Waals surface area contributed by atoms with Crippen molar-refractivity contribution in [2.24, 2.45) is 0 Å². The van der Waals surface area contributed by atoms with E-state index in [1.807, 2.05) is 47.0 Å². The van der Waals surface area contributed by atoms with Crippen LogP contribution in [0.25, 0.3) is 20.9 Å². The molecular weight excluding hydrogens is 360 g/mol. The number of hydrogen-bond acceptors (Lipinski definition) is 3. The maximum atomic E-state index is 3.79. The summed E-state index contributed by atoms with van der Waals surface area (Å²) in [6.07, 6.45) is 3.88. The lowest BCUT2D eigenvalue weighted by Gasteiger charge is -2.03. The molecule has 0 aliphatic carbocycles. The molecule has 0 unspecified atom stereocenters. The molecule has 0 spiro atoms. The number of hydrogen-bond donors (Lipinski definition) is 0. The number of thiophene rings is 1. The van der Waals surface area contributed by atoms with E-state index in [0.717, 1.165) is 11.5 Å². The smallest absolute Gasteiger partial charge is 0.0349 e. The van der Waals surface area contributed by atoms with Gasteiger partial charge in [0.15, 0.2) is 0 Å². The van der Waals surface area contributed by atoms with Gasteiger partial charge in [-0.2, -0.15) is 0 Å². The first kappa shape index (κ1) is 18.1. The van der Waals surface area contributed by atoms with Crippen LogP contribution in [0.4, 0.5) is 0 Å². The lowest BCUT2D eigenvalue weighted by molar-refractivity contribution is 1.46. The Bertz CT molecular complexity index is 791. The van der Waals surface area contributed by atoms with Crippen LogP contribution in [0.3, 0.4) is 0 Å². The van der Waals surface area contributed by atoms with Gasteiger partial charge in [0.2, 0.25) is 0 Å². The van der Waals surface area contributed by atoms with E-state index in [4.69, 9.17) is 0 Å². The van der Waals surface area contributed by atoms with E-state index >= 15 is 0 Å². The molecule has 3 heteroatoms. The molecule has 0 bridgehead atoms. The van der Waals surface area contributed by atoms with Gasteiger partial charge in [-0.25, -0.2) is 0 Å². The molecule has 3 aromatic rings. The monoisotopic (exact) mass is 380 g/mol. The van der Waals surface area contributed by atoms with Crippen molar-refractivity contribution >= 4 is 34.9 Å². The van der Waals surface area contributed by atoms with Crippen molar-refractivity contribution in [3.8, 4) is 20.9 Å². The Hall–Kier alpha value is -1.68. The van der Waals surface area contributed by atoms with Gasteiger partial charge < -0.3 is 0 Å². The molecule has 0 nitrogen and oxygen atoms in total. The van der Waals surface area contributed by atoms with Crippen molar-refractivity contribution in [3.63, 3.8) is 0 Å². The van der Waals surface area contributed by atoms with Crippen molar-refractivity contribution in [2.45, 2.75) is 9.79 Å². The summed E-state index contributed by atoms with van der Waals surface area (Å²) in [5.41, 5.74) is 2.56. The van der Waals surface area contributed by atoms with Gasteiger partial charge in [0, 0.05) is 31.1 Å². The summed E-state index contributed by atoms with van der Waals surface area (Å²) >= 11 is 5.48. The molecule has 2 aromatic carbocycles. The van der Waals surface area contributed by atoms with E-state index < -0.39 is 0 Å². The first-order chi connectivity index (χ1) is 12.3. The highest BCUT2D eigenvalue weighted by Crippen LogP contribution is 2.36. The zero-order chi connectivity index (χ0) is 17.5. The molecule has 1 aromatic heterocycles. The van der Waals surface area contributed by atoms with Gasteiger partial charge in [0.05, 0.1) is 0 Å². The fraction of sp³-hybridized carbons (Fsp3) is 0.0909. The lowest BCUT2D eigenvalue weighted by Crippen LogP contribution is -1.77. The normalized spacial score (nSPS) is 10.6. The largest absolute Gasteiger partial charge is 0.135 e. The van der Waals surface area contributed by atoms with Crippen LogP contribution < -0.4 is 0 Å². The molecule has 3 rings (SSSR count). The summed E-state index contributed by atoms with van der Waals surface area (Å²) in [7, 11) is 0. The second-order valence-electron chi connectivity index (χ2n) is 5.42. The van der Waals surface area contributed by atoms with E-state index in [9.17, 15) is 0 Å². The van der Waals surface area contributed by atoms with Crippen LogP contribution in [-0.4, -0.2) is 11.5 Å². The number of thioether (sulfide) groups is 2. The third-order valence-corrected chi connectivity index (χ3v) is 6.74. The van der Waals surface area contributed by atoms with Crippen molar-refractivity contribution in [3.05, 3.63) is 86.0 Å². The Labute approximate surface area is 162 Å². The Kier molecular flexibility index (Phi) is 6.62. The molecule has 0 saturated heterocycles. The Balaban J connectivity index is 1.83. The fourth-order valence-electron chi connectivity index (χ4n) is 2.44. The van der Waals surface area contributed by atoms with Gasteiger partial charge in [0.1, 0.15) is 0 Å². The van der Waals surface area contributed by atoms with Crippen LogP contribution in [0.15, 0.2) is 95.8 Å². The summed E-state index contributed by atoms with van der Waals surface area (Å²) in [6.45, 7) is 7.59. The van der Waals surface area contributed by atoms with Crippen LogP contribution in [0.5, 0.6) is 0 Å².